The first kappa shape index (κ1) is 28.6. The lowest BCUT2D eigenvalue weighted by molar-refractivity contribution is -0.144. The van der Waals surface area contributed by atoms with E-state index in [0.717, 1.165) is 18.4 Å². The standard InChI is InChI=1S/C33H36ClN3O5/c34-24-13-15-25(16-14-24)36-20-9-17-33-28(31(40)37(29(33)32(36)41)19-6-1-2-7-21-38)27-26(42-33)12-8-18-35(30(27)39)22-23-10-4-3-5-11-23/h3-5,8-17,26-29,38H,1-2,6-7,18-22H2/t26-,27+,28+,29?,33+/m1/s1. The van der Waals surface area contributed by atoms with Crippen LogP contribution in [0.4, 0.5) is 5.69 Å². The Hall–Kier alpha value is -3.46. The number of benzene rings is 2. The van der Waals surface area contributed by atoms with Gasteiger partial charge in [-0.05, 0) is 42.7 Å². The second kappa shape index (κ2) is 12.0. The number of hydrogen-bond donors (Lipinski definition) is 1. The number of halogens is 1. The number of fused-ring (bicyclic) bond motifs is 2. The van der Waals surface area contributed by atoms with Crippen LogP contribution in [0.15, 0.2) is 78.9 Å². The summed E-state index contributed by atoms with van der Waals surface area (Å²) in [6.07, 6.45) is 10.0. The normalized spacial score (nSPS) is 28.5. The van der Waals surface area contributed by atoms with E-state index in [1.807, 2.05) is 54.6 Å². The molecule has 6 rings (SSSR count). The van der Waals surface area contributed by atoms with Gasteiger partial charge in [0, 0.05) is 43.5 Å². The molecule has 4 aliphatic rings. The fourth-order valence-corrected chi connectivity index (χ4v) is 7.10. The Morgan fingerprint density at radius 1 is 0.881 bits per heavy atom. The maximum absolute atomic E-state index is 14.4. The second-order valence-electron chi connectivity index (χ2n) is 11.5. The van der Waals surface area contributed by atoms with Crippen molar-refractivity contribution in [1.29, 1.82) is 0 Å². The first-order valence-corrected chi connectivity index (χ1v) is 15.2. The fraction of sp³-hybridized carbons (Fsp3) is 0.424. The molecule has 2 fully saturated rings. The van der Waals surface area contributed by atoms with E-state index in [2.05, 4.69) is 0 Å². The number of likely N-dealkylation sites (tertiary alicyclic amines) is 1. The van der Waals surface area contributed by atoms with Crippen molar-refractivity contribution in [2.45, 2.75) is 50.0 Å². The SMILES string of the molecule is O=C1[C@@H]2[C@H]3C(=O)N(CCCCCCO)C4C(=O)N(c5ccc(Cl)cc5)CC=C[C@@]43O[C@@H]2C=CCN1Cc1ccccc1. The zero-order valence-electron chi connectivity index (χ0n) is 23.5. The Bertz CT molecular complexity index is 1380. The summed E-state index contributed by atoms with van der Waals surface area (Å²) in [5.74, 6) is -2.13. The van der Waals surface area contributed by atoms with Crippen LogP contribution < -0.4 is 4.90 Å². The van der Waals surface area contributed by atoms with Gasteiger partial charge in [-0.25, -0.2) is 0 Å². The maximum Gasteiger partial charge on any atom is 0.253 e. The Kier molecular flexibility index (Phi) is 8.21. The fourth-order valence-electron chi connectivity index (χ4n) is 6.98. The predicted octanol–water partition coefficient (Wildman–Crippen LogP) is 3.97. The summed E-state index contributed by atoms with van der Waals surface area (Å²) in [6, 6.07) is 16.0. The average molecular weight is 590 g/mol. The lowest BCUT2D eigenvalue weighted by atomic mass is 9.77. The van der Waals surface area contributed by atoms with E-state index in [1.165, 1.54) is 0 Å². The summed E-state index contributed by atoms with van der Waals surface area (Å²) in [4.78, 5) is 48.1. The third-order valence-corrected chi connectivity index (χ3v) is 9.16. The van der Waals surface area contributed by atoms with Gasteiger partial charge < -0.3 is 24.5 Å². The minimum atomic E-state index is -1.26. The van der Waals surface area contributed by atoms with Crippen LogP contribution in [0.2, 0.25) is 5.02 Å². The summed E-state index contributed by atoms with van der Waals surface area (Å²) < 4.78 is 6.74. The second-order valence-corrected chi connectivity index (χ2v) is 11.9. The minimum Gasteiger partial charge on any atom is -0.396 e. The van der Waals surface area contributed by atoms with Crippen LogP contribution in [0.25, 0.3) is 0 Å². The molecule has 3 amide bonds. The molecule has 42 heavy (non-hydrogen) atoms. The largest absolute Gasteiger partial charge is 0.396 e. The van der Waals surface area contributed by atoms with Crippen molar-refractivity contribution in [3.8, 4) is 0 Å². The van der Waals surface area contributed by atoms with Gasteiger partial charge in [-0.1, -0.05) is 79.1 Å². The van der Waals surface area contributed by atoms with Crippen molar-refractivity contribution in [2.75, 3.05) is 31.1 Å². The Balaban J connectivity index is 1.35. The number of unbranched alkanes of at least 4 members (excludes halogenated alkanes) is 3. The van der Waals surface area contributed by atoms with Gasteiger partial charge in [0.1, 0.15) is 11.6 Å². The zero-order valence-corrected chi connectivity index (χ0v) is 24.2. The summed E-state index contributed by atoms with van der Waals surface area (Å²) in [7, 11) is 0. The van der Waals surface area contributed by atoms with Crippen LogP contribution in [-0.4, -0.2) is 76.6 Å². The number of rotatable bonds is 9. The monoisotopic (exact) mass is 589 g/mol. The topological polar surface area (TPSA) is 90.4 Å². The smallest absolute Gasteiger partial charge is 0.253 e. The number of amides is 3. The summed E-state index contributed by atoms with van der Waals surface area (Å²) in [5.41, 5.74) is 0.433. The number of aliphatic hydroxyl groups excluding tert-OH is 1. The van der Waals surface area contributed by atoms with Crippen molar-refractivity contribution in [2.24, 2.45) is 11.8 Å². The van der Waals surface area contributed by atoms with Gasteiger partial charge in [-0.3, -0.25) is 14.4 Å². The van der Waals surface area contributed by atoms with E-state index in [-0.39, 0.29) is 24.3 Å². The molecular weight excluding hydrogens is 554 g/mol. The van der Waals surface area contributed by atoms with Gasteiger partial charge >= 0.3 is 0 Å². The van der Waals surface area contributed by atoms with Crippen LogP contribution in [-0.2, 0) is 25.7 Å². The molecule has 2 aromatic rings. The van der Waals surface area contributed by atoms with E-state index in [1.54, 1.807) is 39.0 Å². The summed E-state index contributed by atoms with van der Waals surface area (Å²) in [6.45, 7) is 1.67. The number of ether oxygens (including phenoxy) is 1. The van der Waals surface area contributed by atoms with Crippen molar-refractivity contribution in [1.82, 2.24) is 9.80 Å². The van der Waals surface area contributed by atoms with Crippen molar-refractivity contribution < 1.29 is 24.2 Å². The highest BCUT2D eigenvalue weighted by molar-refractivity contribution is 6.30. The molecule has 0 bridgehead atoms. The molecule has 5 atom stereocenters. The van der Waals surface area contributed by atoms with Crippen LogP contribution in [0.5, 0.6) is 0 Å². The third-order valence-electron chi connectivity index (χ3n) is 8.90. The number of anilines is 1. The molecule has 0 aliphatic carbocycles. The van der Waals surface area contributed by atoms with Crippen LogP contribution >= 0.6 is 11.6 Å². The first-order chi connectivity index (χ1) is 20.4. The molecule has 4 aliphatic heterocycles. The number of carbonyl (C=O) groups excluding carboxylic acids is 3. The molecule has 0 aromatic heterocycles. The van der Waals surface area contributed by atoms with Gasteiger partial charge in [-0.2, -0.15) is 0 Å². The van der Waals surface area contributed by atoms with E-state index < -0.39 is 29.6 Å². The molecule has 9 heteroatoms. The lowest BCUT2D eigenvalue weighted by Gasteiger charge is -2.35. The summed E-state index contributed by atoms with van der Waals surface area (Å²) >= 11 is 6.13. The quantitative estimate of drug-likeness (QED) is 0.353. The molecule has 8 nitrogen and oxygen atoms in total. The highest BCUT2D eigenvalue weighted by Gasteiger charge is 2.71. The van der Waals surface area contributed by atoms with Crippen LogP contribution in [0.1, 0.15) is 31.2 Å². The first-order valence-electron chi connectivity index (χ1n) is 14.8. The van der Waals surface area contributed by atoms with Crippen molar-refractivity contribution in [3.05, 3.63) is 89.5 Å². The number of hydrogen-bond acceptors (Lipinski definition) is 5. The highest BCUT2D eigenvalue weighted by Crippen LogP contribution is 2.53. The Labute approximate surface area is 251 Å². The van der Waals surface area contributed by atoms with Crippen LogP contribution in [0.3, 0.4) is 0 Å². The highest BCUT2D eigenvalue weighted by atomic mass is 35.5. The van der Waals surface area contributed by atoms with Gasteiger partial charge in [0.15, 0.2) is 0 Å². The molecular formula is C33H36ClN3O5. The molecule has 0 radical (unpaired) electrons. The van der Waals surface area contributed by atoms with Gasteiger partial charge in [-0.15, -0.1) is 0 Å². The Morgan fingerprint density at radius 3 is 2.40 bits per heavy atom. The number of aliphatic hydroxyl groups is 1. The van der Waals surface area contributed by atoms with E-state index in [4.69, 9.17) is 16.3 Å². The van der Waals surface area contributed by atoms with E-state index in [0.29, 0.717) is 49.7 Å². The molecule has 2 saturated heterocycles. The lowest BCUT2D eigenvalue weighted by Crippen LogP contribution is -2.55. The van der Waals surface area contributed by atoms with Crippen molar-refractivity contribution >= 4 is 35.0 Å². The summed E-state index contributed by atoms with van der Waals surface area (Å²) in [5, 5.41) is 9.75. The van der Waals surface area contributed by atoms with Gasteiger partial charge in [0.25, 0.3) is 5.91 Å². The maximum atomic E-state index is 14.4. The third kappa shape index (κ3) is 5.06. The molecule has 0 saturated carbocycles. The van der Waals surface area contributed by atoms with E-state index >= 15 is 0 Å². The van der Waals surface area contributed by atoms with Crippen LogP contribution in [0, 0.1) is 11.8 Å². The van der Waals surface area contributed by atoms with Gasteiger partial charge in [0.05, 0.1) is 17.9 Å². The van der Waals surface area contributed by atoms with Crippen molar-refractivity contribution in [3.63, 3.8) is 0 Å². The molecule has 1 unspecified atom stereocenters. The van der Waals surface area contributed by atoms with Gasteiger partial charge in [0.2, 0.25) is 11.8 Å². The molecule has 220 valence electrons. The molecule has 1 N–H and O–H groups in total. The zero-order chi connectivity index (χ0) is 29.3. The Morgan fingerprint density at radius 2 is 1.64 bits per heavy atom. The molecule has 4 heterocycles. The molecule has 2 aromatic carbocycles. The number of carbonyl (C=O) groups is 3. The predicted molar refractivity (Wildman–Crippen MR) is 160 cm³/mol. The van der Waals surface area contributed by atoms with E-state index in [9.17, 15) is 19.5 Å². The number of nitrogens with zero attached hydrogens (tertiary/aromatic N) is 3. The average Bonchev–Trinajstić information content (AvgIpc) is 3.31. The minimum absolute atomic E-state index is 0.127. The molecule has 1 spiro atoms.